The number of nitrogens with zero attached hydrogens (tertiary/aromatic N) is 4. The van der Waals surface area contributed by atoms with E-state index in [1.165, 1.54) is 5.56 Å². The largest absolute Gasteiger partial charge is 0.353 e. The molecule has 1 aliphatic rings. The van der Waals surface area contributed by atoms with E-state index in [9.17, 15) is 4.79 Å². The number of fused-ring (bicyclic) bond motifs is 3. The van der Waals surface area contributed by atoms with Gasteiger partial charge in [-0.05, 0) is 62.2 Å². The summed E-state index contributed by atoms with van der Waals surface area (Å²) in [6, 6.07) is 16.0. The number of carbonyl (C=O) groups is 1. The fourth-order valence-corrected chi connectivity index (χ4v) is 4.61. The number of benzene rings is 2. The summed E-state index contributed by atoms with van der Waals surface area (Å²) in [4.78, 5) is 22.1. The molecule has 0 aliphatic carbocycles. The van der Waals surface area contributed by atoms with Gasteiger partial charge in [0.05, 0.1) is 16.6 Å². The third-order valence-corrected chi connectivity index (χ3v) is 6.34. The van der Waals surface area contributed by atoms with Crippen molar-refractivity contribution in [2.75, 3.05) is 36.4 Å². The molecule has 7 heteroatoms. The minimum Gasteiger partial charge on any atom is -0.353 e. The molecule has 32 heavy (non-hydrogen) atoms. The van der Waals surface area contributed by atoms with Crippen molar-refractivity contribution in [1.29, 1.82) is 0 Å². The Balaban J connectivity index is 1.37. The number of urea groups is 1. The lowest BCUT2D eigenvalue weighted by Gasteiger charge is -2.24. The second kappa shape index (κ2) is 8.36. The van der Waals surface area contributed by atoms with Gasteiger partial charge in [0.25, 0.3) is 0 Å². The lowest BCUT2D eigenvalue weighted by atomic mass is 10.1. The minimum atomic E-state index is -0.0510. The third kappa shape index (κ3) is 3.86. The Morgan fingerprint density at radius 3 is 2.72 bits per heavy atom. The maximum Gasteiger partial charge on any atom is 0.321 e. The lowest BCUT2D eigenvalue weighted by molar-refractivity contribution is 0.215. The van der Waals surface area contributed by atoms with Crippen molar-refractivity contribution in [3.8, 4) is 0 Å². The van der Waals surface area contributed by atoms with E-state index < -0.39 is 0 Å². The summed E-state index contributed by atoms with van der Waals surface area (Å²) in [7, 11) is 0. The molecular weight excluding hydrogens is 422 g/mol. The van der Waals surface area contributed by atoms with E-state index in [1.807, 2.05) is 48.2 Å². The summed E-state index contributed by atoms with van der Waals surface area (Å²) in [5.74, 6) is 0.932. The maximum atomic E-state index is 12.9. The van der Waals surface area contributed by atoms with E-state index in [1.54, 1.807) is 0 Å². The molecule has 5 rings (SSSR count). The van der Waals surface area contributed by atoms with Gasteiger partial charge in [-0.25, -0.2) is 9.78 Å². The van der Waals surface area contributed by atoms with Gasteiger partial charge in [-0.2, -0.15) is 0 Å². The first-order valence-corrected chi connectivity index (χ1v) is 11.3. The molecule has 3 heterocycles. The van der Waals surface area contributed by atoms with Gasteiger partial charge in [-0.1, -0.05) is 29.3 Å². The Morgan fingerprint density at radius 1 is 1.00 bits per heavy atom. The van der Waals surface area contributed by atoms with Gasteiger partial charge in [0.15, 0.2) is 5.82 Å². The van der Waals surface area contributed by atoms with Gasteiger partial charge in [-0.15, -0.1) is 0 Å². The number of halogens is 1. The average Bonchev–Trinajstić information content (AvgIpc) is 3.12. The van der Waals surface area contributed by atoms with Gasteiger partial charge in [0.2, 0.25) is 0 Å². The summed E-state index contributed by atoms with van der Waals surface area (Å²) in [5.41, 5.74) is 6.08. The molecule has 0 atom stereocenters. The number of hydrogen-bond donors (Lipinski definition) is 1. The van der Waals surface area contributed by atoms with Crippen molar-refractivity contribution in [2.24, 2.45) is 0 Å². The van der Waals surface area contributed by atoms with Gasteiger partial charge >= 0.3 is 6.03 Å². The second-order valence-electron chi connectivity index (χ2n) is 8.41. The number of hydrogen-bond acceptors (Lipinski definition) is 3. The fraction of sp³-hybridized carbons (Fsp3) is 0.280. The van der Waals surface area contributed by atoms with Gasteiger partial charge in [0.1, 0.15) is 0 Å². The van der Waals surface area contributed by atoms with Crippen LogP contribution in [-0.4, -0.2) is 46.5 Å². The van der Waals surface area contributed by atoms with Crippen molar-refractivity contribution >= 4 is 45.7 Å². The minimum absolute atomic E-state index is 0.0510. The molecule has 0 spiro atoms. The Kier molecular flexibility index (Phi) is 5.39. The molecule has 0 saturated carbocycles. The predicted octanol–water partition coefficient (Wildman–Crippen LogP) is 5.50. The molecule has 1 fully saturated rings. The smallest absolute Gasteiger partial charge is 0.321 e. The Morgan fingerprint density at radius 2 is 1.88 bits per heavy atom. The first-order chi connectivity index (χ1) is 15.5. The molecule has 1 aliphatic heterocycles. The summed E-state index contributed by atoms with van der Waals surface area (Å²) in [6.45, 7) is 6.99. The zero-order chi connectivity index (χ0) is 22.2. The van der Waals surface area contributed by atoms with Crippen LogP contribution in [0.25, 0.3) is 16.6 Å². The fourth-order valence-electron chi connectivity index (χ4n) is 4.45. The second-order valence-corrected chi connectivity index (χ2v) is 8.84. The highest BCUT2D eigenvalue weighted by atomic mass is 35.5. The Hall–Kier alpha value is -3.25. The van der Waals surface area contributed by atoms with Crippen LogP contribution in [0, 0.1) is 13.8 Å². The SMILES string of the molecule is Cc1ccc(NC(=O)N2CCCN(c3nc4cc(Cl)ccc4n4cccc34)CC2)c(C)c1. The van der Waals surface area contributed by atoms with Crippen LogP contribution in [0.4, 0.5) is 16.3 Å². The Labute approximate surface area is 192 Å². The molecule has 0 radical (unpaired) electrons. The summed E-state index contributed by atoms with van der Waals surface area (Å²) < 4.78 is 2.16. The average molecular weight is 448 g/mol. The lowest BCUT2D eigenvalue weighted by Crippen LogP contribution is -2.38. The molecule has 0 unspecified atom stereocenters. The summed E-state index contributed by atoms with van der Waals surface area (Å²) >= 11 is 6.23. The number of aromatic nitrogens is 2. The Bertz CT molecular complexity index is 1310. The first kappa shape index (κ1) is 20.6. The molecular formula is C25H26ClN5O. The number of anilines is 2. The van der Waals surface area contributed by atoms with Gasteiger partial charge in [0, 0.05) is 43.1 Å². The highest BCUT2D eigenvalue weighted by Gasteiger charge is 2.22. The van der Waals surface area contributed by atoms with E-state index in [4.69, 9.17) is 16.6 Å². The molecule has 164 valence electrons. The monoisotopic (exact) mass is 447 g/mol. The van der Waals surface area contributed by atoms with Crippen molar-refractivity contribution in [2.45, 2.75) is 20.3 Å². The molecule has 4 aromatic rings. The number of carbonyl (C=O) groups excluding carboxylic acids is 1. The number of amides is 2. The number of rotatable bonds is 2. The van der Waals surface area contributed by atoms with Gasteiger partial charge in [-0.3, -0.25) is 0 Å². The molecule has 6 nitrogen and oxygen atoms in total. The zero-order valence-corrected chi connectivity index (χ0v) is 19.1. The van der Waals surface area contributed by atoms with Crippen LogP contribution in [-0.2, 0) is 0 Å². The molecule has 0 bridgehead atoms. The van der Waals surface area contributed by atoms with Crippen LogP contribution in [0.5, 0.6) is 0 Å². The number of nitrogens with one attached hydrogen (secondary N) is 1. The van der Waals surface area contributed by atoms with Crippen LogP contribution in [0.3, 0.4) is 0 Å². The molecule has 2 aromatic carbocycles. The summed E-state index contributed by atoms with van der Waals surface area (Å²) in [6.07, 6.45) is 2.93. The van der Waals surface area contributed by atoms with Crippen molar-refractivity contribution in [1.82, 2.24) is 14.3 Å². The third-order valence-electron chi connectivity index (χ3n) is 6.11. The highest BCUT2D eigenvalue weighted by molar-refractivity contribution is 6.31. The van der Waals surface area contributed by atoms with Crippen molar-refractivity contribution in [3.05, 3.63) is 70.9 Å². The quantitative estimate of drug-likeness (QED) is 0.441. The predicted molar refractivity (Wildman–Crippen MR) is 131 cm³/mol. The van der Waals surface area contributed by atoms with E-state index in [0.717, 1.165) is 53.1 Å². The van der Waals surface area contributed by atoms with Crippen molar-refractivity contribution in [3.63, 3.8) is 0 Å². The molecule has 2 aromatic heterocycles. The summed E-state index contributed by atoms with van der Waals surface area (Å²) in [5, 5.41) is 3.75. The normalized spacial score (nSPS) is 14.7. The van der Waals surface area contributed by atoms with E-state index in [-0.39, 0.29) is 6.03 Å². The molecule has 1 saturated heterocycles. The zero-order valence-electron chi connectivity index (χ0n) is 18.3. The maximum absolute atomic E-state index is 12.9. The van der Waals surface area contributed by atoms with Gasteiger partial charge < -0.3 is 19.5 Å². The van der Waals surface area contributed by atoms with Crippen molar-refractivity contribution < 1.29 is 4.79 Å². The number of aryl methyl sites for hydroxylation is 2. The first-order valence-electron chi connectivity index (χ1n) is 10.9. The van der Waals surface area contributed by atoms with Crippen LogP contribution in [0.2, 0.25) is 5.02 Å². The molecule has 1 N–H and O–H groups in total. The highest BCUT2D eigenvalue weighted by Crippen LogP contribution is 2.28. The van der Waals surface area contributed by atoms with Crippen LogP contribution in [0.1, 0.15) is 17.5 Å². The topological polar surface area (TPSA) is 52.9 Å². The van der Waals surface area contributed by atoms with Crippen LogP contribution in [0.15, 0.2) is 54.7 Å². The van der Waals surface area contributed by atoms with E-state index in [2.05, 4.69) is 39.9 Å². The van der Waals surface area contributed by atoms with Crippen LogP contribution < -0.4 is 10.2 Å². The standard InChI is InChI=1S/C25H26ClN5O/c1-17-6-8-20(18(2)15-17)28-25(32)30-11-4-10-29(13-14-30)24-23-5-3-12-31(23)22-9-7-19(26)16-21(22)27-24/h3,5-9,12,15-16H,4,10-11,13-14H2,1-2H3,(H,28,32). The van der Waals surface area contributed by atoms with E-state index >= 15 is 0 Å². The molecule has 2 amide bonds. The van der Waals surface area contributed by atoms with E-state index in [0.29, 0.717) is 18.1 Å². The van der Waals surface area contributed by atoms with Crippen LogP contribution >= 0.6 is 11.6 Å².